The van der Waals surface area contributed by atoms with Gasteiger partial charge in [-0.25, -0.2) is 0 Å². The van der Waals surface area contributed by atoms with Gasteiger partial charge in [0.25, 0.3) is 0 Å². The Kier molecular flexibility index (Phi) is 4.15. The van der Waals surface area contributed by atoms with Crippen molar-refractivity contribution in [1.82, 2.24) is 4.90 Å². The van der Waals surface area contributed by atoms with E-state index in [-0.39, 0.29) is 0 Å². The Bertz CT molecular complexity index is 341. The molecule has 0 aliphatic rings. The zero-order chi connectivity index (χ0) is 11.1. The van der Waals surface area contributed by atoms with Gasteiger partial charge in [-0.2, -0.15) is 10.2 Å². The van der Waals surface area contributed by atoms with Gasteiger partial charge in [-0.15, -0.1) is 0 Å². The number of hydrogen-bond donors (Lipinski definition) is 2. The Hall–Kier alpha value is -2.04. The number of nitrogens with two attached hydrogens (primary N) is 2. The molecule has 0 spiro atoms. The highest BCUT2D eigenvalue weighted by Gasteiger charge is 1.89. The van der Waals surface area contributed by atoms with Crippen LogP contribution in [0.1, 0.15) is 0 Å². The molecule has 0 fully saturated rings. The van der Waals surface area contributed by atoms with Crippen molar-refractivity contribution < 1.29 is 0 Å². The Morgan fingerprint density at radius 2 is 2.00 bits per heavy atom. The lowest BCUT2D eigenvalue weighted by Crippen LogP contribution is -2.10. The molecule has 0 saturated carbocycles. The smallest absolute Gasteiger partial charge is 0.131 e. The molecule has 0 heterocycles. The van der Waals surface area contributed by atoms with Gasteiger partial charge in [0.1, 0.15) is 6.67 Å². The predicted molar refractivity (Wildman–Crippen MR) is 61.3 cm³/mol. The molecule has 0 atom stereocenters. The van der Waals surface area contributed by atoms with Crippen molar-refractivity contribution >= 4 is 11.4 Å². The maximum Gasteiger partial charge on any atom is 0.131 e. The summed E-state index contributed by atoms with van der Waals surface area (Å²) < 4.78 is 0. The Morgan fingerprint density at radius 3 is 2.60 bits per heavy atom. The quantitative estimate of drug-likeness (QED) is 0.579. The number of rotatable bonds is 4. The third kappa shape index (κ3) is 4.12. The summed E-state index contributed by atoms with van der Waals surface area (Å²) in [7, 11) is 1.87. The van der Waals surface area contributed by atoms with E-state index in [1.54, 1.807) is 18.3 Å². The van der Waals surface area contributed by atoms with Gasteiger partial charge in [-0.05, 0) is 24.3 Å². The summed E-state index contributed by atoms with van der Waals surface area (Å²) >= 11 is 0. The highest BCUT2D eigenvalue weighted by Crippen LogP contribution is 2.14. The van der Waals surface area contributed by atoms with Crippen LogP contribution in [0, 0.1) is 0 Å². The number of nitrogen functional groups attached to an aromatic ring is 1. The second-order valence-corrected chi connectivity index (χ2v) is 3.07. The van der Waals surface area contributed by atoms with E-state index in [2.05, 4.69) is 10.2 Å². The second kappa shape index (κ2) is 5.64. The van der Waals surface area contributed by atoms with E-state index >= 15 is 0 Å². The molecular formula is C10H15N5. The third-order valence-electron chi connectivity index (χ3n) is 1.71. The molecule has 5 heteroatoms. The van der Waals surface area contributed by atoms with Crippen molar-refractivity contribution in [3.8, 4) is 0 Å². The van der Waals surface area contributed by atoms with Crippen LogP contribution in [0.15, 0.2) is 46.9 Å². The average Bonchev–Trinajstić information content (AvgIpc) is 2.21. The van der Waals surface area contributed by atoms with Crippen LogP contribution in [0.4, 0.5) is 11.4 Å². The predicted octanol–water partition coefficient (Wildman–Crippen LogP) is 1.67. The zero-order valence-corrected chi connectivity index (χ0v) is 8.67. The summed E-state index contributed by atoms with van der Waals surface area (Å²) in [6.07, 6.45) is 3.18. The molecule has 80 valence electrons. The van der Waals surface area contributed by atoms with Gasteiger partial charge in [0, 0.05) is 25.1 Å². The van der Waals surface area contributed by atoms with E-state index in [1.165, 1.54) is 6.20 Å². The highest BCUT2D eigenvalue weighted by molar-refractivity contribution is 5.47. The minimum Gasteiger partial charge on any atom is -0.403 e. The monoisotopic (exact) mass is 205 g/mol. The zero-order valence-electron chi connectivity index (χ0n) is 8.67. The molecular weight excluding hydrogens is 190 g/mol. The number of hydrogen-bond acceptors (Lipinski definition) is 5. The molecule has 0 bridgehead atoms. The van der Waals surface area contributed by atoms with Crippen molar-refractivity contribution in [3.05, 3.63) is 36.7 Å². The maximum absolute atomic E-state index is 5.54. The molecule has 0 aliphatic carbocycles. The summed E-state index contributed by atoms with van der Waals surface area (Å²) in [6, 6.07) is 7.21. The van der Waals surface area contributed by atoms with Crippen molar-refractivity contribution in [2.75, 3.05) is 19.5 Å². The summed E-state index contributed by atoms with van der Waals surface area (Å²) in [5, 5.41) is 8.02. The normalized spacial score (nSPS) is 11.3. The van der Waals surface area contributed by atoms with E-state index in [0.29, 0.717) is 6.67 Å². The molecule has 1 aromatic carbocycles. The van der Waals surface area contributed by atoms with E-state index in [0.717, 1.165) is 11.4 Å². The average molecular weight is 205 g/mol. The third-order valence-corrected chi connectivity index (χ3v) is 1.71. The van der Waals surface area contributed by atoms with Gasteiger partial charge in [-0.3, -0.25) is 0 Å². The summed E-state index contributed by atoms with van der Waals surface area (Å²) in [5.41, 5.74) is 12.3. The molecule has 0 saturated heterocycles. The number of benzene rings is 1. The Balaban J connectivity index is 2.47. The van der Waals surface area contributed by atoms with Crippen LogP contribution < -0.4 is 11.5 Å². The van der Waals surface area contributed by atoms with Crippen LogP contribution in [0.25, 0.3) is 0 Å². The van der Waals surface area contributed by atoms with Crippen LogP contribution in [0.5, 0.6) is 0 Å². The summed E-state index contributed by atoms with van der Waals surface area (Å²) in [5.74, 6) is 0. The van der Waals surface area contributed by atoms with Crippen molar-refractivity contribution in [2.24, 2.45) is 16.0 Å². The van der Waals surface area contributed by atoms with Crippen molar-refractivity contribution in [3.63, 3.8) is 0 Å². The lowest BCUT2D eigenvalue weighted by molar-refractivity contribution is 0.462. The first-order valence-corrected chi connectivity index (χ1v) is 4.54. The molecule has 0 aromatic heterocycles. The second-order valence-electron chi connectivity index (χ2n) is 3.07. The molecule has 15 heavy (non-hydrogen) atoms. The molecule has 0 unspecified atom stereocenters. The topological polar surface area (TPSA) is 80.0 Å². The van der Waals surface area contributed by atoms with Crippen LogP contribution in [-0.4, -0.2) is 18.6 Å². The first-order valence-electron chi connectivity index (χ1n) is 4.54. The molecule has 0 aliphatic heterocycles. The van der Waals surface area contributed by atoms with Crippen LogP contribution >= 0.6 is 0 Å². The molecule has 0 radical (unpaired) electrons. The highest BCUT2D eigenvalue weighted by atomic mass is 15.2. The first-order chi connectivity index (χ1) is 7.22. The van der Waals surface area contributed by atoms with E-state index < -0.39 is 0 Å². The SMILES string of the molecule is CN(/C=C\N)CN=Nc1ccc(N)cc1. The standard InChI is InChI=1S/C10H15N5/c1-15(7-6-11)8-13-14-10-4-2-9(12)3-5-10/h2-7H,8,11-12H2,1H3/b7-6-,14-13?. The van der Waals surface area contributed by atoms with E-state index in [1.807, 2.05) is 24.1 Å². The van der Waals surface area contributed by atoms with Crippen LogP contribution in [0.2, 0.25) is 0 Å². The minimum absolute atomic E-state index is 0.470. The summed E-state index contributed by atoms with van der Waals surface area (Å²) in [6.45, 7) is 0.470. The molecule has 4 N–H and O–H groups in total. The van der Waals surface area contributed by atoms with Gasteiger partial charge < -0.3 is 16.4 Å². The fourth-order valence-corrected chi connectivity index (χ4v) is 0.948. The van der Waals surface area contributed by atoms with Crippen LogP contribution in [0.3, 0.4) is 0 Å². The molecule has 0 amide bonds. The number of nitrogens with zero attached hydrogens (tertiary/aromatic N) is 3. The number of azo groups is 1. The number of anilines is 1. The lowest BCUT2D eigenvalue weighted by atomic mass is 10.3. The fourth-order valence-electron chi connectivity index (χ4n) is 0.948. The fraction of sp³-hybridized carbons (Fsp3) is 0.200. The lowest BCUT2D eigenvalue weighted by Gasteiger charge is -2.07. The minimum atomic E-state index is 0.470. The van der Waals surface area contributed by atoms with Crippen LogP contribution in [-0.2, 0) is 0 Å². The van der Waals surface area contributed by atoms with Gasteiger partial charge in [0.15, 0.2) is 0 Å². The van der Waals surface area contributed by atoms with Gasteiger partial charge in [-0.1, -0.05) is 0 Å². The van der Waals surface area contributed by atoms with Gasteiger partial charge in [0.05, 0.1) is 5.69 Å². The maximum atomic E-state index is 5.54. The van der Waals surface area contributed by atoms with E-state index in [9.17, 15) is 0 Å². The van der Waals surface area contributed by atoms with Crippen molar-refractivity contribution in [1.29, 1.82) is 0 Å². The molecule has 1 rings (SSSR count). The van der Waals surface area contributed by atoms with Gasteiger partial charge in [0.2, 0.25) is 0 Å². The van der Waals surface area contributed by atoms with Crippen molar-refractivity contribution in [2.45, 2.75) is 0 Å². The first kappa shape index (κ1) is 11.0. The molecule has 5 nitrogen and oxygen atoms in total. The Labute approximate surface area is 89.1 Å². The van der Waals surface area contributed by atoms with E-state index in [4.69, 9.17) is 11.5 Å². The largest absolute Gasteiger partial charge is 0.403 e. The Morgan fingerprint density at radius 1 is 1.33 bits per heavy atom. The summed E-state index contributed by atoms with van der Waals surface area (Å²) in [4.78, 5) is 1.82. The van der Waals surface area contributed by atoms with Gasteiger partial charge >= 0.3 is 0 Å². The molecule has 1 aromatic rings.